The van der Waals surface area contributed by atoms with Crippen molar-refractivity contribution in [2.45, 2.75) is 24.3 Å². The lowest BCUT2D eigenvalue weighted by atomic mass is 10.2. The molecule has 1 unspecified atom stereocenters. The number of hydrogen-bond donors (Lipinski definition) is 0. The topological polar surface area (TPSA) is 26.0 Å². The van der Waals surface area contributed by atoms with Gasteiger partial charge in [0.1, 0.15) is 0 Å². The lowest BCUT2D eigenvalue weighted by Crippen LogP contribution is -2.02. The van der Waals surface area contributed by atoms with Crippen molar-refractivity contribution in [2.75, 3.05) is 0 Å². The molecule has 0 saturated heterocycles. The lowest BCUT2D eigenvalue weighted by molar-refractivity contribution is -0.155. The molecule has 0 saturated carbocycles. The molecule has 0 aromatic carbocycles. The Kier molecular flexibility index (Phi) is 3.00. The molecule has 0 spiro atoms. The SMILES string of the molecule is CCC(Br)c1cc(C(F)(F)F)on1. The molecule has 0 radical (unpaired) electrons. The predicted molar refractivity (Wildman–Crippen MR) is 43.5 cm³/mol. The van der Waals surface area contributed by atoms with Gasteiger partial charge in [0, 0.05) is 6.07 Å². The van der Waals surface area contributed by atoms with Crippen LogP contribution < -0.4 is 0 Å². The Morgan fingerprint density at radius 2 is 2.23 bits per heavy atom. The van der Waals surface area contributed by atoms with Crippen molar-refractivity contribution in [3.05, 3.63) is 17.5 Å². The third-order valence-electron chi connectivity index (χ3n) is 1.49. The highest BCUT2D eigenvalue weighted by atomic mass is 79.9. The first-order valence-corrected chi connectivity index (χ1v) is 4.54. The van der Waals surface area contributed by atoms with Crippen LogP contribution in [0.25, 0.3) is 0 Å². The summed E-state index contributed by atoms with van der Waals surface area (Å²) in [5.74, 6) is -1.06. The van der Waals surface area contributed by atoms with Gasteiger partial charge < -0.3 is 4.52 Å². The summed E-state index contributed by atoms with van der Waals surface area (Å²) in [6, 6.07) is 0.906. The Balaban J connectivity index is 2.87. The fourth-order valence-electron chi connectivity index (χ4n) is 0.779. The van der Waals surface area contributed by atoms with E-state index in [0.717, 1.165) is 6.07 Å². The molecule has 0 aliphatic rings. The van der Waals surface area contributed by atoms with Crippen LogP contribution >= 0.6 is 15.9 Å². The number of hydrogen-bond acceptors (Lipinski definition) is 2. The van der Waals surface area contributed by atoms with Crippen LogP contribution in [-0.4, -0.2) is 5.16 Å². The second kappa shape index (κ2) is 3.69. The Morgan fingerprint density at radius 3 is 2.62 bits per heavy atom. The monoisotopic (exact) mass is 257 g/mol. The molecule has 0 amide bonds. The molecule has 0 aliphatic heterocycles. The third kappa shape index (κ3) is 2.46. The summed E-state index contributed by atoms with van der Waals surface area (Å²) in [6.07, 6.45) is -3.80. The maximum absolute atomic E-state index is 12.0. The molecular formula is C7H7BrF3NO. The molecule has 74 valence electrons. The van der Waals surface area contributed by atoms with Crippen LogP contribution in [0.1, 0.15) is 29.6 Å². The van der Waals surface area contributed by atoms with E-state index in [2.05, 4.69) is 25.6 Å². The van der Waals surface area contributed by atoms with Gasteiger partial charge in [0.15, 0.2) is 0 Å². The van der Waals surface area contributed by atoms with E-state index in [1.54, 1.807) is 0 Å². The molecule has 2 nitrogen and oxygen atoms in total. The Labute approximate surface area is 81.2 Å². The number of nitrogens with zero attached hydrogens (tertiary/aromatic N) is 1. The first-order valence-electron chi connectivity index (χ1n) is 3.63. The first kappa shape index (κ1) is 10.6. The van der Waals surface area contributed by atoms with E-state index in [-0.39, 0.29) is 10.5 Å². The van der Waals surface area contributed by atoms with Crippen LogP contribution in [0.5, 0.6) is 0 Å². The van der Waals surface area contributed by atoms with Crippen molar-refractivity contribution in [2.24, 2.45) is 0 Å². The summed E-state index contributed by atoms with van der Waals surface area (Å²) in [5, 5.41) is 3.31. The zero-order chi connectivity index (χ0) is 10.1. The van der Waals surface area contributed by atoms with Gasteiger partial charge in [-0.2, -0.15) is 13.2 Å². The maximum atomic E-state index is 12.0. The van der Waals surface area contributed by atoms with Crippen LogP contribution in [0.15, 0.2) is 10.6 Å². The minimum atomic E-state index is -4.45. The second-order valence-corrected chi connectivity index (χ2v) is 3.59. The fourth-order valence-corrected chi connectivity index (χ4v) is 0.995. The van der Waals surface area contributed by atoms with Gasteiger partial charge in [-0.25, -0.2) is 0 Å². The highest BCUT2D eigenvalue weighted by Gasteiger charge is 2.36. The van der Waals surface area contributed by atoms with Crippen molar-refractivity contribution in [3.8, 4) is 0 Å². The van der Waals surface area contributed by atoms with Crippen LogP contribution in [0.3, 0.4) is 0 Å². The van der Waals surface area contributed by atoms with Gasteiger partial charge in [-0.1, -0.05) is 28.0 Å². The van der Waals surface area contributed by atoms with E-state index in [9.17, 15) is 13.2 Å². The van der Waals surface area contributed by atoms with Crippen LogP contribution in [0, 0.1) is 0 Å². The number of halogens is 4. The van der Waals surface area contributed by atoms with Gasteiger partial charge in [0.2, 0.25) is 5.76 Å². The standard InChI is InChI=1S/C7H7BrF3NO/c1-2-4(8)5-3-6(13-12-5)7(9,10)11/h3-4H,2H2,1H3. The summed E-state index contributed by atoms with van der Waals surface area (Å²) in [6.45, 7) is 1.83. The van der Waals surface area contributed by atoms with Gasteiger partial charge in [-0.3, -0.25) is 0 Å². The molecule has 1 aromatic rings. The van der Waals surface area contributed by atoms with E-state index in [0.29, 0.717) is 6.42 Å². The Bertz CT molecular complexity index is 284. The minimum absolute atomic E-state index is 0.188. The van der Waals surface area contributed by atoms with Crippen LogP contribution in [0.2, 0.25) is 0 Å². The van der Waals surface area contributed by atoms with Crippen molar-refractivity contribution >= 4 is 15.9 Å². The van der Waals surface area contributed by atoms with Crippen molar-refractivity contribution in [3.63, 3.8) is 0 Å². The number of alkyl halides is 4. The average molecular weight is 258 g/mol. The van der Waals surface area contributed by atoms with Crippen molar-refractivity contribution < 1.29 is 17.7 Å². The zero-order valence-electron chi connectivity index (χ0n) is 6.73. The molecular weight excluding hydrogens is 251 g/mol. The average Bonchev–Trinajstić information content (AvgIpc) is 2.50. The highest BCUT2D eigenvalue weighted by Crippen LogP contribution is 2.33. The lowest BCUT2D eigenvalue weighted by Gasteiger charge is -1.99. The quantitative estimate of drug-likeness (QED) is 0.758. The van der Waals surface area contributed by atoms with Gasteiger partial charge in [-0.15, -0.1) is 0 Å². The van der Waals surface area contributed by atoms with Gasteiger partial charge in [0.25, 0.3) is 0 Å². The molecule has 1 rings (SSSR count). The van der Waals surface area contributed by atoms with E-state index >= 15 is 0 Å². The minimum Gasteiger partial charge on any atom is -0.351 e. The maximum Gasteiger partial charge on any atom is 0.452 e. The van der Waals surface area contributed by atoms with E-state index < -0.39 is 11.9 Å². The zero-order valence-corrected chi connectivity index (χ0v) is 8.32. The molecule has 13 heavy (non-hydrogen) atoms. The van der Waals surface area contributed by atoms with E-state index in [4.69, 9.17) is 0 Å². The predicted octanol–water partition coefficient (Wildman–Crippen LogP) is 3.54. The number of aromatic nitrogens is 1. The van der Waals surface area contributed by atoms with Crippen LogP contribution in [0.4, 0.5) is 13.2 Å². The Morgan fingerprint density at radius 1 is 1.62 bits per heavy atom. The summed E-state index contributed by atoms with van der Waals surface area (Å²) < 4.78 is 40.2. The van der Waals surface area contributed by atoms with Crippen molar-refractivity contribution in [1.29, 1.82) is 0 Å². The Hall–Kier alpha value is -0.520. The molecule has 0 bridgehead atoms. The summed E-state index contributed by atoms with van der Waals surface area (Å²) in [5.41, 5.74) is 0.273. The molecule has 0 fully saturated rings. The molecule has 1 atom stereocenters. The second-order valence-electron chi connectivity index (χ2n) is 2.49. The molecule has 1 aromatic heterocycles. The number of rotatable bonds is 2. The third-order valence-corrected chi connectivity index (χ3v) is 2.60. The van der Waals surface area contributed by atoms with Crippen LogP contribution in [-0.2, 0) is 6.18 Å². The van der Waals surface area contributed by atoms with Gasteiger partial charge >= 0.3 is 6.18 Å². The fraction of sp³-hybridized carbons (Fsp3) is 0.571. The van der Waals surface area contributed by atoms with E-state index in [1.165, 1.54) is 0 Å². The summed E-state index contributed by atoms with van der Waals surface area (Å²) in [7, 11) is 0. The van der Waals surface area contributed by atoms with Gasteiger partial charge in [-0.05, 0) is 6.42 Å². The molecule has 0 aliphatic carbocycles. The normalized spacial score (nSPS) is 14.5. The molecule has 0 N–H and O–H groups in total. The van der Waals surface area contributed by atoms with Gasteiger partial charge in [0.05, 0.1) is 10.5 Å². The first-order chi connectivity index (χ1) is 5.95. The molecule has 6 heteroatoms. The van der Waals surface area contributed by atoms with E-state index in [1.807, 2.05) is 6.92 Å². The smallest absolute Gasteiger partial charge is 0.351 e. The largest absolute Gasteiger partial charge is 0.452 e. The molecule has 1 heterocycles. The summed E-state index contributed by atoms with van der Waals surface area (Å²) in [4.78, 5) is -0.188. The summed E-state index contributed by atoms with van der Waals surface area (Å²) >= 11 is 3.18. The highest BCUT2D eigenvalue weighted by molar-refractivity contribution is 9.09. The van der Waals surface area contributed by atoms with Crippen molar-refractivity contribution in [1.82, 2.24) is 5.16 Å².